The van der Waals surface area contributed by atoms with Crippen LogP contribution in [0.25, 0.3) is 0 Å². The lowest BCUT2D eigenvalue weighted by molar-refractivity contribution is -0.139. The van der Waals surface area contributed by atoms with E-state index in [0.29, 0.717) is 10.8 Å². The summed E-state index contributed by atoms with van der Waals surface area (Å²) >= 11 is 6.66. The Hall–Kier alpha value is -2.30. The van der Waals surface area contributed by atoms with Gasteiger partial charge in [-0.05, 0) is 56.4 Å². The second-order valence-electron chi connectivity index (χ2n) is 9.17. The van der Waals surface area contributed by atoms with Crippen LogP contribution in [0.3, 0.4) is 0 Å². The Morgan fingerprint density at radius 3 is 2.58 bits per heavy atom. The van der Waals surface area contributed by atoms with E-state index < -0.39 is 12.6 Å². The Bertz CT molecular complexity index is 985. The van der Waals surface area contributed by atoms with Crippen LogP contribution < -0.4 is 4.74 Å². The molecule has 0 spiro atoms. The van der Waals surface area contributed by atoms with Crippen LogP contribution >= 0.6 is 11.6 Å². The van der Waals surface area contributed by atoms with Crippen molar-refractivity contribution in [2.75, 3.05) is 6.61 Å². The SMILES string of the molecule is C=C(C)[C@H]1C[C@H](c2ccccc2)[C@H](CCCC)O[C@@H]1c1c(OCC(=O)O)cc(C)c(Cl)c1C. The maximum Gasteiger partial charge on any atom is 0.341 e. The van der Waals surface area contributed by atoms with Crippen LogP contribution in [-0.4, -0.2) is 23.8 Å². The molecule has 2 aromatic carbocycles. The molecule has 1 aliphatic rings. The van der Waals surface area contributed by atoms with Gasteiger partial charge in [0.1, 0.15) is 5.75 Å². The number of unbranched alkanes of at least 4 members (excludes halogenated alkanes) is 1. The van der Waals surface area contributed by atoms with Gasteiger partial charge in [0.2, 0.25) is 0 Å². The molecule has 1 N–H and O–H groups in total. The zero-order valence-corrected chi connectivity index (χ0v) is 20.8. The second kappa shape index (κ2) is 11.2. The Kier molecular flexibility index (Phi) is 8.61. The third-order valence-electron chi connectivity index (χ3n) is 6.67. The van der Waals surface area contributed by atoms with Crippen molar-refractivity contribution in [3.63, 3.8) is 0 Å². The number of carboxylic acids is 1. The molecule has 5 heteroatoms. The lowest BCUT2D eigenvalue weighted by Gasteiger charge is -2.43. The largest absolute Gasteiger partial charge is 0.482 e. The zero-order valence-electron chi connectivity index (χ0n) is 20.1. The first kappa shape index (κ1) is 25.3. The number of carbonyl (C=O) groups is 1. The third kappa shape index (κ3) is 5.80. The Morgan fingerprint density at radius 1 is 1.27 bits per heavy atom. The van der Waals surface area contributed by atoms with Gasteiger partial charge in [-0.1, -0.05) is 73.9 Å². The summed E-state index contributed by atoms with van der Waals surface area (Å²) in [4.78, 5) is 11.2. The van der Waals surface area contributed by atoms with Crippen LogP contribution in [0.1, 0.15) is 73.8 Å². The van der Waals surface area contributed by atoms with Crippen LogP contribution in [0.15, 0.2) is 48.6 Å². The average Bonchev–Trinajstić information content (AvgIpc) is 2.79. The number of ether oxygens (including phenoxy) is 2. The highest BCUT2D eigenvalue weighted by molar-refractivity contribution is 6.32. The summed E-state index contributed by atoms with van der Waals surface area (Å²) in [6.07, 6.45) is 3.78. The summed E-state index contributed by atoms with van der Waals surface area (Å²) in [6.45, 7) is 12.0. The fourth-order valence-electron chi connectivity index (χ4n) is 4.93. The molecule has 1 heterocycles. The van der Waals surface area contributed by atoms with Crippen LogP contribution in [0.2, 0.25) is 5.02 Å². The molecule has 0 bridgehead atoms. The van der Waals surface area contributed by atoms with Crippen molar-refractivity contribution in [3.8, 4) is 5.75 Å². The van der Waals surface area contributed by atoms with E-state index in [1.165, 1.54) is 5.56 Å². The van der Waals surface area contributed by atoms with Gasteiger partial charge < -0.3 is 14.6 Å². The number of rotatable bonds is 9. The number of aryl methyl sites for hydroxylation is 1. The van der Waals surface area contributed by atoms with E-state index in [-0.39, 0.29) is 24.0 Å². The molecule has 0 unspecified atom stereocenters. The molecular formula is C28H35ClO4. The van der Waals surface area contributed by atoms with Crippen molar-refractivity contribution in [1.82, 2.24) is 0 Å². The van der Waals surface area contributed by atoms with Crippen LogP contribution in [0.4, 0.5) is 0 Å². The lowest BCUT2D eigenvalue weighted by atomic mass is 9.74. The third-order valence-corrected chi connectivity index (χ3v) is 7.26. The predicted octanol–water partition coefficient (Wildman–Crippen LogP) is 7.42. The minimum Gasteiger partial charge on any atom is -0.482 e. The molecule has 0 saturated carbocycles. The minimum atomic E-state index is -1.02. The number of hydrogen-bond donors (Lipinski definition) is 1. The summed E-state index contributed by atoms with van der Waals surface area (Å²) < 4.78 is 12.6. The number of benzene rings is 2. The van der Waals surface area contributed by atoms with E-state index in [2.05, 4.69) is 37.8 Å². The fraction of sp³-hybridized carbons (Fsp3) is 0.464. The van der Waals surface area contributed by atoms with Crippen LogP contribution in [0, 0.1) is 19.8 Å². The Labute approximate surface area is 202 Å². The number of hydrogen-bond acceptors (Lipinski definition) is 3. The fourth-order valence-corrected chi connectivity index (χ4v) is 5.09. The maximum absolute atomic E-state index is 11.2. The van der Waals surface area contributed by atoms with Crippen LogP contribution in [-0.2, 0) is 9.53 Å². The van der Waals surface area contributed by atoms with Crippen molar-refractivity contribution in [1.29, 1.82) is 0 Å². The molecule has 1 aliphatic heterocycles. The molecule has 0 aliphatic carbocycles. The van der Waals surface area contributed by atoms with E-state index in [4.69, 9.17) is 21.1 Å². The van der Waals surface area contributed by atoms with Crippen molar-refractivity contribution < 1.29 is 19.4 Å². The molecule has 0 amide bonds. The number of carboxylic acid groups (broad SMARTS) is 1. The van der Waals surface area contributed by atoms with E-state index in [1.54, 1.807) is 0 Å². The summed E-state index contributed by atoms with van der Waals surface area (Å²) in [5, 5.41) is 9.87. The van der Waals surface area contributed by atoms with Crippen molar-refractivity contribution in [2.24, 2.45) is 5.92 Å². The molecular weight excluding hydrogens is 436 g/mol. The van der Waals surface area contributed by atoms with Crippen molar-refractivity contribution in [2.45, 2.75) is 71.5 Å². The molecule has 4 atom stereocenters. The highest BCUT2D eigenvalue weighted by atomic mass is 35.5. The van der Waals surface area contributed by atoms with E-state index in [0.717, 1.165) is 47.9 Å². The first-order chi connectivity index (χ1) is 15.7. The van der Waals surface area contributed by atoms with Gasteiger partial charge in [-0.3, -0.25) is 0 Å². The van der Waals surface area contributed by atoms with Crippen molar-refractivity contribution >= 4 is 17.6 Å². The highest BCUT2D eigenvalue weighted by Crippen LogP contribution is 2.51. The topological polar surface area (TPSA) is 55.8 Å². The molecule has 178 valence electrons. The maximum atomic E-state index is 11.2. The molecule has 4 nitrogen and oxygen atoms in total. The predicted molar refractivity (Wildman–Crippen MR) is 133 cm³/mol. The van der Waals surface area contributed by atoms with Gasteiger partial charge in [-0.2, -0.15) is 0 Å². The van der Waals surface area contributed by atoms with Gasteiger partial charge in [-0.25, -0.2) is 4.79 Å². The Morgan fingerprint density at radius 2 is 1.97 bits per heavy atom. The molecule has 0 radical (unpaired) electrons. The molecule has 33 heavy (non-hydrogen) atoms. The number of aliphatic carboxylic acids is 1. The van der Waals surface area contributed by atoms with Gasteiger partial charge in [-0.15, -0.1) is 0 Å². The quantitative estimate of drug-likeness (QED) is 0.387. The monoisotopic (exact) mass is 470 g/mol. The van der Waals surface area contributed by atoms with Crippen molar-refractivity contribution in [3.05, 3.63) is 75.8 Å². The number of halogens is 1. The first-order valence-corrected chi connectivity index (χ1v) is 12.1. The van der Waals surface area contributed by atoms with Gasteiger partial charge in [0.15, 0.2) is 6.61 Å². The standard InChI is InChI=1S/C28H35ClO4/c1-6-7-13-23-22(20-11-9-8-10-12-20)15-21(17(2)3)28(33-23)26-19(5)27(29)18(4)14-24(26)32-16-25(30)31/h8-12,14,21-23,28H,2,6-7,13,15-16H2,1,3-5H3,(H,30,31)/t21-,22-,23+,28+/m1/s1. The average molecular weight is 471 g/mol. The summed E-state index contributed by atoms with van der Waals surface area (Å²) in [6, 6.07) is 12.4. The molecule has 0 aromatic heterocycles. The summed E-state index contributed by atoms with van der Waals surface area (Å²) in [7, 11) is 0. The van der Waals surface area contributed by atoms with Gasteiger partial charge in [0.05, 0.1) is 12.2 Å². The molecule has 1 saturated heterocycles. The van der Waals surface area contributed by atoms with E-state index in [9.17, 15) is 9.90 Å². The second-order valence-corrected chi connectivity index (χ2v) is 9.55. The zero-order chi connectivity index (χ0) is 24.1. The minimum absolute atomic E-state index is 0.0414. The summed E-state index contributed by atoms with van der Waals surface area (Å²) in [5.74, 6) is -0.171. The Balaban J connectivity index is 2.08. The molecule has 2 aromatic rings. The summed E-state index contributed by atoms with van der Waals surface area (Å²) in [5.41, 5.74) is 4.89. The van der Waals surface area contributed by atoms with Gasteiger partial charge >= 0.3 is 5.97 Å². The normalized spacial score (nSPS) is 22.7. The van der Waals surface area contributed by atoms with Gasteiger partial charge in [0.25, 0.3) is 0 Å². The highest BCUT2D eigenvalue weighted by Gasteiger charge is 2.41. The first-order valence-electron chi connectivity index (χ1n) is 11.7. The van der Waals surface area contributed by atoms with Gasteiger partial charge in [0, 0.05) is 22.4 Å². The van der Waals surface area contributed by atoms with E-state index in [1.807, 2.05) is 32.9 Å². The van der Waals surface area contributed by atoms with Crippen LogP contribution in [0.5, 0.6) is 5.75 Å². The smallest absolute Gasteiger partial charge is 0.341 e. The van der Waals surface area contributed by atoms with E-state index >= 15 is 0 Å². The molecule has 1 fully saturated rings. The molecule has 3 rings (SSSR count). The lowest BCUT2D eigenvalue weighted by Crippen LogP contribution is -2.36.